The van der Waals surface area contributed by atoms with Crippen molar-refractivity contribution in [1.82, 2.24) is 30.2 Å². The molecule has 1 amide bonds. The smallest absolute Gasteiger partial charge is 0.255 e. The van der Waals surface area contributed by atoms with Crippen LogP contribution in [0.15, 0.2) is 59.4 Å². The Morgan fingerprint density at radius 1 is 1.21 bits per heavy atom. The fraction of sp³-hybridized carbons (Fsp3) is 0.150. The van der Waals surface area contributed by atoms with Gasteiger partial charge in [-0.2, -0.15) is 10.1 Å². The van der Waals surface area contributed by atoms with Crippen molar-refractivity contribution in [3.63, 3.8) is 0 Å². The van der Waals surface area contributed by atoms with Gasteiger partial charge in [-0.25, -0.2) is 14.1 Å². The Bertz CT molecular complexity index is 1140. The van der Waals surface area contributed by atoms with Crippen LogP contribution in [0.3, 0.4) is 0 Å². The third-order valence-corrected chi connectivity index (χ3v) is 4.21. The van der Waals surface area contributed by atoms with Crippen LogP contribution < -0.4 is 5.32 Å². The third-order valence-electron chi connectivity index (χ3n) is 4.21. The number of halogens is 1. The molecule has 146 valence electrons. The molecule has 0 aliphatic carbocycles. The van der Waals surface area contributed by atoms with Gasteiger partial charge in [0.15, 0.2) is 11.6 Å². The summed E-state index contributed by atoms with van der Waals surface area (Å²) in [5.41, 5.74) is 1.58. The topological polar surface area (TPSA) is 98.7 Å². The van der Waals surface area contributed by atoms with E-state index in [2.05, 4.69) is 25.5 Å². The van der Waals surface area contributed by atoms with E-state index in [1.165, 1.54) is 16.8 Å². The van der Waals surface area contributed by atoms with Crippen LogP contribution in [0.1, 0.15) is 35.0 Å². The number of aromatic nitrogens is 5. The number of benzene rings is 1. The number of pyridine rings is 1. The minimum atomic E-state index is -0.486. The minimum Gasteiger partial charge on any atom is -0.340 e. The number of hydrogen-bond acceptors (Lipinski definition) is 6. The molecule has 3 heterocycles. The molecule has 0 unspecified atom stereocenters. The highest BCUT2D eigenvalue weighted by molar-refractivity contribution is 6.00. The molecule has 0 radical (unpaired) electrons. The zero-order valence-corrected chi connectivity index (χ0v) is 15.7. The first-order valence-corrected chi connectivity index (χ1v) is 8.89. The van der Waals surface area contributed by atoms with Crippen molar-refractivity contribution in [3.05, 3.63) is 78.0 Å². The molecule has 1 N–H and O–H groups in total. The second-order valence-electron chi connectivity index (χ2n) is 6.41. The number of rotatable bonds is 5. The van der Waals surface area contributed by atoms with E-state index >= 15 is 0 Å². The summed E-state index contributed by atoms with van der Waals surface area (Å²) in [7, 11) is 0. The molecule has 1 aromatic carbocycles. The van der Waals surface area contributed by atoms with Gasteiger partial charge in [0.2, 0.25) is 5.89 Å². The number of carbonyl (C=O) groups is 1. The van der Waals surface area contributed by atoms with Crippen molar-refractivity contribution in [2.45, 2.75) is 19.9 Å². The SMILES string of the molecule is Cc1noc([C@@H](C)NC(=O)c2cn(-c3ccc(F)cn3)nc2-c2ccccc2)n1. The standard InChI is InChI=1S/C20H17FN6O2/c1-12(20-24-13(2)26-29-20)23-19(28)16-11-27(17-9-8-15(21)10-22-17)25-18(16)14-6-4-3-5-7-14/h3-12H,1-2H3,(H,23,28)/t12-/m1/s1. The Balaban J connectivity index is 1.70. The van der Waals surface area contributed by atoms with Crippen LogP contribution in [-0.4, -0.2) is 30.8 Å². The first-order valence-electron chi connectivity index (χ1n) is 8.89. The maximum atomic E-state index is 13.2. The van der Waals surface area contributed by atoms with Crippen molar-refractivity contribution >= 4 is 5.91 Å². The molecule has 9 heteroatoms. The number of nitrogens with zero attached hydrogens (tertiary/aromatic N) is 5. The van der Waals surface area contributed by atoms with Crippen LogP contribution in [0.25, 0.3) is 17.1 Å². The molecule has 0 saturated heterocycles. The Morgan fingerprint density at radius 3 is 2.66 bits per heavy atom. The van der Waals surface area contributed by atoms with Crippen LogP contribution in [-0.2, 0) is 0 Å². The fourth-order valence-corrected chi connectivity index (χ4v) is 2.80. The first kappa shape index (κ1) is 18.5. The predicted molar refractivity (Wildman–Crippen MR) is 102 cm³/mol. The van der Waals surface area contributed by atoms with E-state index in [4.69, 9.17) is 4.52 Å². The fourth-order valence-electron chi connectivity index (χ4n) is 2.80. The third kappa shape index (κ3) is 3.88. The van der Waals surface area contributed by atoms with Crippen molar-refractivity contribution in [2.75, 3.05) is 0 Å². The van der Waals surface area contributed by atoms with Gasteiger partial charge in [-0.15, -0.1) is 0 Å². The normalized spacial score (nSPS) is 12.0. The molecule has 0 saturated carbocycles. The summed E-state index contributed by atoms with van der Waals surface area (Å²) in [4.78, 5) is 21.2. The van der Waals surface area contributed by atoms with Crippen LogP contribution in [0.5, 0.6) is 0 Å². The summed E-state index contributed by atoms with van der Waals surface area (Å²) in [6.45, 7) is 3.45. The largest absolute Gasteiger partial charge is 0.340 e. The molecule has 0 fully saturated rings. The van der Waals surface area contributed by atoms with E-state index < -0.39 is 11.9 Å². The number of aryl methyl sites for hydroxylation is 1. The summed E-state index contributed by atoms with van der Waals surface area (Å²) < 4.78 is 19.8. The second kappa shape index (κ2) is 7.63. The number of nitrogens with one attached hydrogen (secondary N) is 1. The van der Waals surface area contributed by atoms with Crippen molar-refractivity contribution in [3.8, 4) is 17.1 Å². The lowest BCUT2D eigenvalue weighted by Gasteiger charge is -2.09. The molecule has 29 heavy (non-hydrogen) atoms. The summed E-state index contributed by atoms with van der Waals surface area (Å²) in [6, 6.07) is 11.6. The molecule has 0 bridgehead atoms. The lowest BCUT2D eigenvalue weighted by atomic mass is 10.1. The number of amides is 1. The van der Waals surface area contributed by atoms with Crippen LogP contribution in [0.4, 0.5) is 4.39 Å². The van der Waals surface area contributed by atoms with Gasteiger partial charge in [-0.3, -0.25) is 4.79 Å². The maximum absolute atomic E-state index is 13.2. The monoisotopic (exact) mass is 392 g/mol. The minimum absolute atomic E-state index is 0.310. The van der Waals surface area contributed by atoms with Crippen molar-refractivity contribution < 1.29 is 13.7 Å². The molecule has 8 nitrogen and oxygen atoms in total. The highest BCUT2D eigenvalue weighted by Gasteiger charge is 2.22. The van der Waals surface area contributed by atoms with E-state index in [1.807, 2.05) is 30.3 Å². The van der Waals surface area contributed by atoms with Crippen molar-refractivity contribution in [2.24, 2.45) is 0 Å². The van der Waals surface area contributed by atoms with Gasteiger partial charge in [0, 0.05) is 11.8 Å². The van der Waals surface area contributed by atoms with Gasteiger partial charge in [0.25, 0.3) is 5.91 Å². The lowest BCUT2D eigenvalue weighted by Crippen LogP contribution is -2.27. The Hall–Kier alpha value is -3.88. The molecule has 4 aromatic rings. The highest BCUT2D eigenvalue weighted by atomic mass is 19.1. The molecule has 4 rings (SSSR count). The highest BCUT2D eigenvalue weighted by Crippen LogP contribution is 2.24. The van der Waals surface area contributed by atoms with Gasteiger partial charge < -0.3 is 9.84 Å². The molecule has 1 atom stereocenters. The van der Waals surface area contributed by atoms with Gasteiger partial charge in [0.1, 0.15) is 17.6 Å². The average Bonchev–Trinajstić information content (AvgIpc) is 3.36. The van der Waals surface area contributed by atoms with Gasteiger partial charge in [-0.05, 0) is 26.0 Å². The van der Waals surface area contributed by atoms with Gasteiger partial charge in [0.05, 0.1) is 11.8 Å². The summed E-state index contributed by atoms with van der Waals surface area (Å²) in [5, 5.41) is 11.1. The molecule has 0 spiro atoms. The second-order valence-corrected chi connectivity index (χ2v) is 6.41. The quantitative estimate of drug-likeness (QED) is 0.560. The molecular weight excluding hydrogens is 375 g/mol. The predicted octanol–water partition coefficient (Wildman–Crippen LogP) is 3.26. The summed E-state index contributed by atoms with van der Waals surface area (Å²) in [6.07, 6.45) is 2.66. The average molecular weight is 392 g/mol. The number of carbonyl (C=O) groups excluding carboxylic acids is 1. The zero-order valence-electron chi connectivity index (χ0n) is 15.7. The van der Waals surface area contributed by atoms with Gasteiger partial charge in [-0.1, -0.05) is 35.5 Å². The number of hydrogen-bond donors (Lipinski definition) is 1. The molecular formula is C20H17FN6O2. The molecule has 0 aliphatic rings. The van der Waals surface area contributed by atoms with Crippen molar-refractivity contribution in [1.29, 1.82) is 0 Å². The van der Waals surface area contributed by atoms with Crippen LogP contribution in [0.2, 0.25) is 0 Å². The summed E-state index contributed by atoms with van der Waals surface area (Å²) >= 11 is 0. The molecule has 0 aliphatic heterocycles. The molecule has 3 aromatic heterocycles. The maximum Gasteiger partial charge on any atom is 0.255 e. The Kier molecular flexibility index (Phi) is 4.86. The van der Waals surface area contributed by atoms with E-state index in [9.17, 15) is 9.18 Å². The van der Waals surface area contributed by atoms with E-state index in [1.54, 1.807) is 20.0 Å². The van der Waals surface area contributed by atoms with Gasteiger partial charge >= 0.3 is 0 Å². The van der Waals surface area contributed by atoms with E-state index in [-0.39, 0.29) is 5.91 Å². The summed E-state index contributed by atoms with van der Waals surface area (Å²) in [5.74, 6) is 0.376. The lowest BCUT2D eigenvalue weighted by molar-refractivity contribution is 0.0933. The van der Waals surface area contributed by atoms with E-state index in [0.29, 0.717) is 28.8 Å². The Labute approximate surface area is 165 Å². The van der Waals surface area contributed by atoms with E-state index in [0.717, 1.165) is 11.8 Å². The van der Waals surface area contributed by atoms with Crippen LogP contribution in [0, 0.1) is 12.7 Å². The zero-order chi connectivity index (χ0) is 20.4. The first-order chi connectivity index (χ1) is 14.0. The van der Waals surface area contributed by atoms with Crippen LogP contribution >= 0.6 is 0 Å². The Morgan fingerprint density at radius 2 is 2.00 bits per heavy atom.